The first-order valence-electron chi connectivity index (χ1n) is 7.44. The van der Waals surface area contributed by atoms with Crippen LogP contribution in [0.25, 0.3) is 0 Å². The number of hydrogen-bond donors (Lipinski definition) is 2. The van der Waals surface area contributed by atoms with Gasteiger partial charge in [-0.05, 0) is 55.3 Å². The summed E-state index contributed by atoms with van der Waals surface area (Å²) in [7, 11) is 1.70. The van der Waals surface area contributed by atoms with Crippen LogP contribution in [0.15, 0.2) is 18.2 Å². The van der Waals surface area contributed by atoms with Crippen LogP contribution < -0.4 is 15.4 Å². The van der Waals surface area contributed by atoms with Gasteiger partial charge in [0.1, 0.15) is 5.75 Å². The lowest BCUT2D eigenvalue weighted by Gasteiger charge is -2.15. The second kappa shape index (κ2) is 5.83. The molecule has 1 saturated carbocycles. The molecule has 0 radical (unpaired) electrons. The van der Waals surface area contributed by atoms with Gasteiger partial charge in [-0.2, -0.15) is 0 Å². The SMILES string of the molecule is COc1cccc2c1CCC2NC(=O)CNCC1CC1. The summed E-state index contributed by atoms with van der Waals surface area (Å²) in [5, 5.41) is 6.35. The highest BCUT2D eigenvalue weighted by Gasteiger charge is 2.26. The second-order valence-electron chi connectivity index (χ2n) is 5.76. The minimum atomic E-state index is 0.0892. The van der Waals surface area contributed by atoms with Gasteiger partial charge < -0.3 is 15.4 Å². The zero-order valence-corrected chi connectivity index (χ0v) is 11.9. The van der Waals surface area contributed by atoms with Gasteiger partial charge in [0.2, 0.25) is 5.91 Å². The number of fused-ring (bicyclic) bond motifs is 1. The third kappa shape index (κ3) is 2.96. The van der Waals surface area contributed by atoms with E-state index in [9.17, 15) is 4.79 Å². The highest BCUT2D eigenvalue weighted by atomic mass is 16.5. The van der Waals surface area contributed by atoms with Crippen molar-refractivity contribution in [1.29, 1.82) is 0 Å². The molecule has 1 unspecified atom stereocenters. The van der Waals surface area contributed by atoms with Crippen LogP contribution >= 0.6 is 0 Å². The predicted molar refractivity (Wildman–Crippen MR) is 77.8 cm³/mol. The lowest BCUT2D eigenvalue weighted by molar-refractivity contribution is -0.121. The van der Waals surface area contributed by atoms with E-state index in [0.717, 1.165) is 31.1 Å². The first-order valence-corrected chi connectivity index (χ1v) is 7.44. The molecule has 1 aromatic carbocycles. The van der Waals surface area contributed by atoms with Gasteiger partial charge in [-0.25, -0.2) is 0 Å². The molecule has 4 nitrogen and oxygen atoms in total. The topological polar surface area (TPSA) is 50.4 Å². The Hall–Kier alpha value is -1.55. The zero-order chi connectivity index (χ0) is 13.9. The zero-order valence-electron chi connectivity index (χ0n) is 11.9. The summed E-state index contributed by atoms with van der Waals surface area (Å²) >= 11 is 0. The molecule has 2 aliphatic rings. The highest BCUT2D eigenvalue weighted by molar-refractivity contribution is 5.78. The monoisotopic (exact) mass is 274 g/mol. The molecule has 20 heavy (non-hydrogen) atoms. The molecule has 0 aromatic heterocycles. The van der Waals surface area contributed by atoms with Crippen molar-refractivity contribution in [2.45, 2.75) is 31.7 Å². The van der Waals surface area contributed by atoms with Gasteiger partial charge in [0.05, 0.1) is 19.7 Å². The summed E-state index contributed by atoms with van der Waals surface area (Å²) in [6.07, 6.45) is 4.55. The van der Waals surface area contributed by atoms with Crippen LogP contribution in [0.5, 0.6) is 5.75 Å². The van der Waals surface area contributed by atoms with Crippen LogP contribution in [0.1, 0.15) is 36.4 Å². The van der Waals surface area contributed by atoms with E-state index in [0.29, 0.717) is 6.54 Å². The van der Waals surface area contributed by atoms with Crippen molar-refractivity contribution < 1.29 is 9.53 Å². The van der Waals surface area contributed by atoms with Gasteiger partial charge in [0.15, 0.2) is 0 Å². The summed E-state index contributed by atoms with van der Waals surface area (Å²) in [6, 6.07) is 6.21. The number of ether oxygens (including phenoxy) is 1. The molecule has 0 spiro atoms. The lowest BCUT2D eigenvalue weighted by atomic mass is 10.1. The normalized spacial score (nSPS) is 20.6. The van der Waals surface area contributed by atoms with E-state index in [1.54, 1.807) is 7.11 Å². The van der Waals surface area contributed by atoms with Crippen molar-refractivity contribution >= 4 is 5.91 Å². The van der Waals surface area contributed by atoms with E-state index in [-0.39, 0.29) is 11.9 Å². The van der Waals surface area contributed by atoms with E-state index in [1.165, 1.54) is 24.0 Å². The Labute approximate surface area is 119 Å². The van der Waals surface area contributed by atoms with Crippen molar-refractivity contribution in [2.24, 2.45) is 5.92 Å². The van der Waals surface area contributed by atoms with E-state index >= 15 is 0 Å². The average molecular weight is 274 g/mol. The average Bonchev–Trinajstić information content (AvgIpc) is 3.19. The second-order valence-corrected chi connectivity index (χ2v) is 5.76. The number of benzene rings is 1. The van der Waals surface area contributed by atoms with E-state index in [4.69, 9.17) is 4.74 Å². The van der Waals surface area contributed by atoms with Crippen molar-refractivity contribution in [3.05, 3.63) is 29.3 Å². The van der Waals surface area contributed by atoms with Crippen LogP contribution in [-0.2, 0) is 11.2 Å². The number of carbonyl (C=O) groups excluding carboxylic acids is 1. The predicted octanol–water partition coefficient (Wildman–Crippen LogP) is 1.80. The molecule has 4 heteroatoms. The summed E-state index contributed by atoms with van der Waals surface area (Å²) in [5.41, 5.74) is 2.45. The largest absolute Gasteiger partial charge is 0.496 e. The van der Waals surface area contributed by atoms with Gasteiger partial charge in [-0.15, -0.1) is 0 Å². The van der Waals surface area contributed by atoms with E-state index < -0.39 is 0 Å². The van der Waals surface area contributed by atoms with Gasteiger partial charge >= 0.3 is 0 Å². The number of carbonyl (C=O) groups is 1. The smallest absolute Gasteiger partial charge is 0.234 e. The maximum Gasteiger partial charge on any atom is 0.234 e. The standard InChI is InChI=1S/C16H22N2O2/c1-20-15-4-2-3-12-13(15)7-8-14(12)18-16(19)10-17-9-11-5-6-11/h2-4,11,14,17H,5-10H2,1H3,(H,18,19). The van der Waals surface area contributed by atoms with Crippen LogP contribution in [0.4, 0.5) is 0 Å². The fourth-order valence-electron chi connectivity index (χ4n) is 2.92. The quantitative estimate of drug-likeness (QED) is 0.831. The van der Waals surface area contributed by atoms with Crippen LogP contribution in [0.3, 0.4) is 0 Å². The molecule has 3 rings (SSSR count). The van der Waals surface area contributed by atoms with Crippen molar-refractivity contribution in [3.63, 3.8) is 0 Å². The van der Waals surface area contributed by atoms with Gasteiger partial charge in [0, 0.05) is 0 Å². The Morgan fingerprint density at radius 2 is 2.20 bits per heavy atom. The Morgan fingerprint density at radius 3 is 2.95 bits per heavy atom. The Bertz CT molecular complexity index is 497. The van der Waals surface area contributed by atoms with Crippen LogP contribution in [-0.4, -0.2) is 26.1 Å². The number of amides is 1. The van der Waals surface area contributed by atoms with Crippen LogP contribution in [0.2, 0.25) is 0 Å². The Morgan fingerprint density at radius 1 is 1.35 bits per heavy atom. The third-order valence-electron chi connectivity index (χ3n) is 4.20. The summed E-state index contributed by atoms with van der Waals surface area (Å²) in [4.78, 5) is 12.0. The molecule has 0 bridgehead atoms. The summed E-state index contributed by atoms with van der Waals surface area (Å²) < 4.78 is 5.38. The molecule has 0 saturated heterocycles. The van der Waals surface area contributed by atoms with Crippen molar-refractivity contribution in [3.8, 4) is 5.75 Å². The number of hydrogen-bond acceptors (Lipinski definition) is 3. The molecule has 1 aromatic rings. The molecule has 1 atom stereocenters. The Kier molecular flexibility index (Phi) is 3.92. The first-order chi connectivity index (χ1) is 9.78. The van der Waals surface area contributed by atoms with Gasteiger partial charge in [-0.1, -0.05) is 12.1 Å². The summed E-state index contributed by atoms with van der Waals surface area (Å²) in [5.74, 6) is 1.83. The molecule has 108 valence electrons. The van der Waals surface area contributed by atoms with E-state index in [1.807, 2.05) is 12.1 Å². The lowest BCUT2D eigenvalue weighted by Crippen LogP contribution is -2.36. The van der Waals surface area contributed by atoms with Crippen LogP contribution in [0, 0.1) is 5.92 Å². The molecule has 1 amide bonds. The fourth-order valence-corrected chi connectivity index (χ4v) is 2.92. The fraction of sp³-hybridized carbons (Fsp3) is 0.562. The van der Waals surface area contributed by atoms with Crippen molar-refractivity contribution in [1.82, 2.24) is 10.6 Å². The van der Waals surface area contributed by atoms with Gasteiger partial charge in [0.25, 0.3) is 0 Å². The third-order valence-corrected chi connectivity index (χ3v) is 4.20. The highest BCUT2D eigenvalue weighted by Crippen LogP contribution is 2.36. The number of methoxy groups -OCH3 is 1. The summed E-state index contributed by atoms with van der Waals surface area (Å²) in [6.45, 7) is 1.40. The minimum Gasteiger partial charge on any atom is -0.496 e. The Balaban J connectivity index is 1.55. The molecular formula is C16H22N2O2. The first kappa shape index (κ1) is 13.4. The molecule has 2 N–H and O–H groups in total. The minimum absolute atomic E-state index is 0.0892. The number of rotatable bonds is 6. The maximum atomic E-state index is 12.0. The maximum absolute atomic E-state index is 12.0. The van der Waals surface area contributed by atoms with E-state index in [2.05, 4.69) is 16.7 Å². The van der Waals surface area contributed by atoms with Crippen molar-refractivity contribution in [2.75, 3.05) is 20.2 Å². The van der Waals surface area contributed by atoms with Gasteiger partial charge in [-0.3, -0.25) is 4.79 Å². The molecular weight excluding hydrogens is 252 g/mol. The molecule has 0 aliphatic heterocycles. The molecule has 2 aliphatic carbocycles. The molecule has 0 heterocycles. The molecule has 1 fully saturated rings. The number of nitrogens with one attached hydrogen (secondary N) is 2.